The summed E-state index contributed by atoms with van der Waals surface area (Å²) in [5, 5.41) is 18.7. The molecule has 0 fully saturated rings. The summed E-state index contributed by atoms with van der Waals surface area (Å²) in [6.07, 6.45) is -11.0. The number of hydrogen-bond acceptors (Lipinski definition) is 2. The molecule has 1 rings (SSSR count). The summed E-state index contributed by atoms with van der Waals surface area (Å²) in [4.78, 5) is 0. The monoisotopic (exact) mass is 360 g/mol. The van der Waals surface area contributed by atoms with Gasteiger partial charge in [0.1, 0.15) is 0 Å². The first-order valence-electron chi connectivity index (χ1n) is 7.54. The van der Waals surface area contributed by atoms with E-state index in [1.54, 1.807) is 0 Å². The number of hydrogen-bond donors (Lipinski definition) is 2. The minimum Gasteiger partial charge on any atom is -0.389 e. The summed E-state index contributed by atoms with van der Waals surface area (Å²) in [6.45, 7) is 5.68. The molecule has 140 valence electrons. The first-order valence-corrected chi connectivity index (χ1v) is 7.54. The fourth-order valence-electron chi connectivity index (χ4n) is 2.98. The molecule has 1 unspecified atom stereocenters. The molecule has 0 aromatic carbocycles. The van der Waals surface area contributed by atoms with Gasteiger partial charge in [0.25, 0.3) is 5.60 Å². The van der Waals surface area contributed by atoms with Gasteiger partial charge in [0.2, 0.25) is 0 Å². The van der Waals surface area contributed by atoms with Crippen LogP contribution in [0, 0.1) is 5.41 Å². The second-order valence-electron chi connectivity index (χ2n) is 6.92. The Labute approximate surface area is 136 Å². The van der Waals surface area contributed by atoms with E-state index < -0.39 is 30.5 Å². The van der Waals surface area contributed by atoms with Crippen LogP contribution in [0.2, 0.25) is 0 Å². The number of rotatable bonds is 4. The zero-order chi connectivity index (χ0) is 19.0. The van der Waals surface area contributed by atoms with Gasteiger partial charge in [-0.3, -0.25) is 0 Å². The van der Waals surface area contributed by atoms with Gasteiger partial charge in [-0.2, -0.15) is 26.3 Å². The van der Waals surface area contributed by atoms with Gasteiger partial charge in [-0.25, -0.2) is 0 Å². The smallest absolute Gasteiger partial charge is 0.389 e. The van der Waals surface area contributed by atoms with Crippen molar-refractivity contribution in [2.45, 2.75) is 70.5 Å². The average molecular weight is 360 g/mol. The predicted molar refractivity (Wildman–Crippen MR) is 77.2 cm³/mol. The highest BCUT2D eigenvalue weighted by Gasteiger charge is 2.70. The Bertz CT molecular complexity index is 500. The molecule has 0 aromatic heterocycles. The molecule has 1 aliphatic rings. The molecular weight excluding hydrogens is 338 g/mol. The number of aliphatic hydroxyl groups excluding tert-OH is 1. The molecule has 0 radical (unpaired) electrons. The SMILES string of the molecule is CC1=C(/C=C/C(O)CC(O)(C(F)(F)F)C(F)(F)F)C(C)(C)CCC1. The van der Waals surface area contributed by atoms with Crippen molar-refractivity contribution < 1.29 is 36.6 Å². The topological polar surface area (TPSA) is 40.5 Å². The number of halogens is 6. The maximum atomic E-state index is 12.6. The molecule has 0 bridgehead atoms. The second-order valence-corrected chi connectivity index (χ2v) is 6.92. The maximum absolute atomic E-state index is 12.6. The Hall–Kier alpha value is -1.02. The molecule has 24 heavy (non-hydrogen) atoms. The van der Waals surface area contributed by atoms with E-state index in [9.17, 15) is 31.4 Å². The van der Waals surface area contributed by atoms with Crippen LogP contribution >= 0.6 is 0 Å². The normalized spacial score (nSPS) is 21.5. The standard InChI is InChI=1S/C16H22F6O2/c1-10-5-4-8-13(2,3)12(10)7-6-11(23)9-14(24,15(17,18)19)16(20,21)22/h6-7,11,23-24H,4-5,8-9H2,1-3H3/b7-6+. The maximum Gasteiger partial charge on any atom is 0.426 e. The molecule has 0 amide bonds. The third-order valence-electron chi connectivity index (χ3n) is 4.47. The van der Waals surface area contributed by atoms with Crippen molar-refractivity contribution in [3.05, 3.63) is 23.3 Å². The van der Waals surface area contributed by atoms with E-state index in [0.717, 1.165) is 36.5 Å². The number of alkyl halides is 6. The lowest BCUT2D eigenvalue weighted by Crippen LogP contribution is -2.58. The number of allylic oxidation sites excluding steroid dienone is 3. The average Bonchev–Trinajstić information content (AvgIpc) is 2.34. The van der Waals surface area contributed by atoms with E-state index >= 15 is 0 Å². The van der Waals surface area contributed by atoms with E-state index in [1.807, 2.05) is 20.8 Å². The van der Waals surface area contributed by atoms with Crippen molar-refractivity contribution in [1.82, 2.24) is 0 Å². The van der Waals surface area contributed by atoms with E-state index in [-0.39, 0.29) is 5.41 Å². The Morgan fingerprint density at radius 3 is 2.04 bits per heavy atom. The lowest BCUT2D eigenvalue weighted by molar-refractivity contribution is -0.373. The van der Waals surface area contributed by atoms with Crippen molar-refractivity contribution in [3.63, 3.8) is 0 Å². The van der Waals surface area contributed by atoms with Gasteiger partial charge in [0.15, 0.2) is 0 Å². The zero-order valence-corrected chi connectivity index (χ0v) is 13.7. The predicted octanol–water partition coefficient (Wildman–Crippen LogP) is 4.68. The van der Waals surface area contributed by atoms with E-state index in [2.05, 4.69) is 0 Å². The Balaban J connectivity index is 3.01. The van der Waals surface area contributed by atoms with Gasteiger partial charge >= 0.3 is 12.4 Å². The zero-order valence-electron chi connectivity index (χ0n) is 13.7. The minimum atomic E-state index is -5.93. The Morgan fingerprint density at radius 1 is 1.12 bits per heavy atom. The first-order chi connectivity index (χ1) is 10.6. The van der Waals surface area contributed by atoms with Gasteiger partial charge in [0, 0.05) is 6.42 Å². The molecule has 0 heterocycles. The molecule has 0 saturated heterocycles. The third kappa shape index (κ3) is 4.33. The quantitative estimate of drug-likeness (QED) is 0.715. The van der Waals surface area contributed by atoms with E-state index in [1.165, 1.54) is 6.08 Å². The molecule has 0 saturated carbocycles. The summed E-state index contributed by atoms with van der Waals surface area (Å²) < 4.78 is 75.8. The molecule has 2 nitrogen and oxygen atoms in total. The summed E-state index contributed by atoms with van der Waals surface area (Å²) in [5.41, 5.74) is -3.45. The Morgan fingerprint density at radius 2 is 1.62 bits per heavy atom. The van der Waals surface area contributed by atoms with Gasteiger partial charge in [-0.15, -0.1) is 0 Å². The molecule has 2 N–H and O–H groups in total. The van der Waals surface area contributed by atoms with Crippen molar-refractivity contribution in [2.24, 2.45) is 5.41 Å². The highest BCUT2D eigenvalue weighted by Crippen LogP contribution is 2.46. The minimum absolute atomic E-state index is 0.275. The highest BCUT2D eigenvalue weighted by atomic mass is 19.4. The van der Waals surface area contributed by atoms with Crippen molar-refractivity contribution in [2.75, 3.05) is 0 Å². The second kappa shape index (κ2) is 6.71. The lowest BCUT2D eigenvalue weighted by atomic mass is 9.72. The fourth-order valence-corrected chi connectivity index (χ4v) is 2.98. The van der Waals surface area contributed by atoms with Crippen molar-refractivity contribution >= 4 is 0 Å². The summed E-state index contributed by atoms with van der Waals surface area (Å²) in [7, 11) is 0. The molecule has 0 aromatic rings. The highest BCUT2D eigenvalue weighted by molar-refractivity contribution is 5.33. The van der Waals surface area contributed by atoms with Crippen LogP contribution in [0.25, 0.3) is 0 Å². The van der Waals surface area contributed by atoms with E-state index in [0.29, 0.717) is 0 Å². The summed E-state index contributed by atoms with van der Waals surface area (Å²) >= 11 is 0. The van der Waals surface area contributed by atoms with Crippen LogP contribution in [0.1, 0.15) is 46.5 Å². The van der Waals surface area contributed by atoms with Crippen LogP contribution < -0.4 is 0 Å². The third-order valence-corrected chi connectivity index (χ3v) is 4.47. The van der Waals surface area contributed by atoms with Gasteiger partial charge in [-0.1, -0.05) is 31.6 Å². The molecule has 1 atom stereocenters. The Kier molecular flexibility index (Phi) is 5.88. The van der Waals surface area contributed by atoms with Gasteiger partial charge < -0.3 is 10.2 Å². The van der Waals surface area contributed by atoms with Crippen molar-refractivity contribution in [3.8, 4) is 0 Å². The van der Waals surface area contributed by atoms with Gasteiger partial charge in [-0.05, 0) is 37.2 Å². The van der Waals surface area contributed by atoms with Crippen LogP contribution in [-0.2, 0) is 0 Å². The molecule has 8 heteroatoms. The largest absolute Gasteiger partial charge is 0.426 e. The lowest BCUT2D eigenvalue weighted by Gasteiger charge is -2.34. The molecule has 0 aliphatic heterocycles. The van der Waals surface area contributed by atoms with Crippen LogP contribution in [0.15, 0.2) is 23.3 Å². The first kappa shape index (κ1) is 21.0. The van der Waals surface area contributed by atoms with Crippen LogP contribution in [-0.4, -0.2) is 34.3 Å². The van der Waals surface area contributed by atoms with Crippen LogP contribution in [0.5, 0.6) is 0 Å². The number of aliphatic hydroxyl groups is 2. The van der Waals surface area contributed by atoms with E-state index in [4.69, 9.17) is 5.11 Å². The van der Waals surface area contributed by atoms with Crippen LogP contribution in [0.3, 0.4) is 0 Å². The van der Waals surface area contributed by atoms with Gasteiger partial charge in [0.05, 0.1) is 6.10 Å². The molecule has 0 spiro atoms. The molecule has 1 aliphatic carbocycles. The summed E-state index contributed by atoms with van der Waals surface area (Å²) in [6, 6.07) is 0. The fraction of sp³-hybridized carbons (Fsp3) is 0.750. The molecular formula is C16H22F6O2. The van der Waals surface area contributed by atoms with Crippen molar-refractivity contribution in [1.29, 1.82) is 0 Å². The summed E-state index contributed by atoms with van der Waals surface area (Å²) in [5.74, 6) is 0. The van der Waals surface area contributed by atoms with Crippen LogP contribution in [0.4, 0.5) is 26.3 Å².